The molecular weight excluding hydrogens is 276 g/mol. The summed E-state index contributed by atoms with van der Waals surface area (Å²) >= 11 is 0. The van der Waals surface area contributed by atoms with Gasteiger partial charge in [0.15, 0.2) is 5.82 Å². The fraction of sp³-hybridized carbons (Fsp3) is 0.0714. The molecule has 0 aliphatic heterocycles. The van der Waals surface area contributed by atoms with Crippen LogP contribution in [0.3, 0.4) is 0 Å². The molecule has 0 fully saturated rings. The molecule has 0 unspecified atom stereocenters. The number of aryl methyl sites for hydroxylation is 1. The lowest BCUT2D eigenvalue weighted by Gasteiger charge is -2.07. The standard InChI is InChI=1S/C14H11F2N5/c1-8-6-10(3-5-12(8)15)21-14(18-19-20-21)11-4-2-9(17)7-13(11)16/h2-7H,17H2,1H3. The maximum absolute atomic E-state index is 14.0. The molecule has 0 saturated carbocycles. The first-order valence-corrected chi connectivity index (χ1v) is 6.16. The van der Waals surface area contributed by atoms with Gasteiger partial charge in [-0.1, -0.05) is 0 Å². The van der Waals surface area contributed by atoms with Crippen LogP contribution in [0, 0.1) is 18.6 Å². The second-order valence-electron chi connectivity index (χ2n) is 4.59. The van der Waals surface area contributed by atoms with Gasteiger partial charge in [-0.2, -0.15) is 4.68 Å². The van der Waals surface area contributed by atoms with Gasteiger partial charge in [0.05, 0.1) is 11.3 Å². The number of nitrogens with two attached hydrogens (primary N) is 1. The Hall–Kier alpha value is -2.83. The fourth-order valence-corrected chi connectivity index (χ4v) is 2.00. The van der Waals surface area contributed by atoms with E-state index in [1.807, 2.05) is 0 Å². The van der Waals surface area contributed by atoms with E-state index in [-0.39, 0.29) is 17.2 Å². The molecule has 0 saturated heterocycles. The van der Waals surface area contributed by atoms with Gasteiger partial charge in [0.1, 0.15) is 11.6 Å². The molecule has 1 heterocycles. The summed E-state index contributed by atoms with van der Waals surface area (Å²) in [6.45, 7) is 1.63. The van der Waals surface area contributed by atoms with Crippen LogP contribution >= 0.6 is 0 Å². The summed E-state index contributed by atoms with van der Waals surface area (Å²) in [5, 5.41) is 11.2. The van der Waals surface area contributed by atoms with Crippen LogP contribution in [0.5, 0.6) is 0 Å². The van der Waals surface area contributed by atoms with Crippen molar-refractivity contribution in [3.63, 3.8) is 0 Å². The number of hydrogen-bond donors (Lipinski definition) is 1. The third-order valence-corrected chi connectivity index (χ3v) is 3.09. The van der Waals surface area contributed by atoms with Crippen molar-refractivity contribution in [2.45, 2.75) is 6.92 Å². The Morgan fingerprint density at radius 1 is 1.05 bits per heavy atom. The Morgan fingerprint density at radius 3 is 2.57 bits per heavy atom. The molecule has 106 valence electrons. The number of aromatic nitrogens is 4. The third kappa shape index (κ3) is 2.33. The van der Waals surface area contributed by atoms with Crippen molar-refractivity contribution in [2.75, 3.05) is 5.73 Å². The van der Waals surface area contributed by atoms with Crippen LogP contribution < -0.4 is 5.73 Å². The van der Waals surface area contributed by atoms with Gasteiger partial charge in [0.25, 0.3) is 0 Å². The largest absolute Gasteiger partial charge is 0.399 e. The highest BCUT2D eigenvalue weighted by molar-refractivity contribution is 5.61. The van der Waals surface area contributed by atoms with Gasteiger partial charge in [0, 0.05) is 5.69 Å². The first-order valence-electron chi connectivity index (χ1n) is 6.16. The van der Waals surface area contributed by atoms with Gasteiger partial charge in [-0.25, -0.2) is 8.78 Å². The van der Waals surface area contributed by atoms with Crippen molar-refractivity contribution in [1.82, 2.24) is 20.2 Å². The lowest BCUT2D eigenvalue weighted by molar-refractivity contribution is 0.617. The van der Waals surface area contributed by atoms with Crippen molar-refractivity contribution in [1.29, 1.82) is 0 Å². The molecule has 7 heteroatoms. The van der Waals surface area contributed by atoms with Gasteiger partial charge < -0.3 is 5.73 Å². The molecule has 1 aromatic heterocycles. The molecule has 3 aromatic rings. The van der Waals surface area contributed by atoms with Crippen LogP contribution in [0.2, 0.25) is 0 Å². The van der Waals surface area contributed by atoms with E-state index in [9.17, 15) is 8.78 Å². The summed E-state index contributed by atoms with van der Waals surface area (Å²) in [4.78, 5) is 0. The number of anilines is 1. The van der Waals surface area contributed by atoms with E-state index in [1.165, 1.54) is 28.9 Å². The molecule has 0 aliphatic rings. The first-order chi connectivity index (χ1) is 10.1. The highest BCUT2D eigenvalue weighted by atomic mass is 19.1. The minimum absolute atomic E-state index is 0.219. The van der Waals surface area contributed by atoms with Crippen molar-refractivity contribution in [3.8, 4) is 17.1 Å². The minimum Gasteiger partial charge on any atom is -0.399 e. The molecule has 2 aromatic carbocycles. The first kappa shape index (κ1) is 13.2. The molecule has 21 heavy (non-hydrogen) atoms. The molecule has 0 bridgehead atoms. The van der Waals surface area contributed by atoms with Crippen LogP contribution in [0.1, 0.15) is 5.56 Å². The molecular formula is C14H11F2N5. The molecule has 0 spiro atoms. The van der Waals surface area contributed by atoms with E-state index in [0.29, 0.717) is 16.9 Å². The summed E-state index contributed by atoms with van der Waals surface area (Å²) in [5.74, 6) is -0.629. The second kappa shape index (κ2) is 4.93. The van der Waals surface area contributed by atoms with Crippen molar-refractivity contribution >= 4 is 5.69 Å². The zero-order chi connectivity index (χ0) is 15.0. The van der Waals surface area contributed by atoms with Crippen molar-refractivity contribution in [2.24, 2.45) is 0 Å². The number of nitrogen functional groups attached to an aromatic ring is 1. The van der Waals surface area contributed by atoms with Crippen LogP contribution in [0.25, 0.3) is 17.1 Å². The van der Waals surface area contributed by atoms with E-state index in [1.54, 1.807) is 19.1 Å². The smallest absolute Gasteiger partial charge is 0.190 e. The molecule has 5 nitrogen and oxygen atoms in total. The van der Waals surface area contributed by atoms with Crippen molar-refractivity contribution < 1.29 is 8.78 Å². The van der Waals surface area contributed by atoms with Gasteiger partial charge in [-0.3, -0.25) is 0 Å². The summed E-state index contributed by atoms with van der Waals surface area (Å²) in [7, 11) is 0. The summed E-state index contributed by atoms with van der Waals surface area (Å²) in [6, 6.07) is 8.69. The number of benzene rings is 2. The Bertz CT molecular complexity index is 813. The summed E-state index contributed by atoms with van der Waals surface area (Å²) in [6.07, 6.45) is 0. The van der Waals surface area contributed by atoms with E-state index < -0.39 is 5.82 Å². The van der Waals surface area contributed by atoms with E-state index in [0.717, 1.165) is 0 Å². The SMILES string of the molecule is Cc1cc(-n2nnnc2-c2ccc(N)cc2F)ccc1F. The summed E-state index contributed by atoms with van der Waals surface area (Å²) in [5.41, 5.74) is 7.06. The minimum atomic E-state index is -0.523. The highest BCUT2D eigenvalue weighted by Crippen LogP contribution is 2.24. The molecule has 2 N–H and O–H groups in total. The lowest BCUT2D eigenvalue weighted by atomic mass is 10.1. The summed E-state index contributed by atoms with van der Waals surface area (Å²) < 4.78 is 28.7. The third-order valence-electron chi connectivity index (χ3n) is 3.09. The average molecular weight is 287 g/mol. The highest BCUT2D eigenvalue weighted by Gasteiger charge is 2.15. The van der Waals surface area contributed by atoms with E-state index in [2.05, 4.69) is 15.5 Å². The van der Waals surface area contributed by atoms with Gasteiger partial charge in [-0.15, -0.1) is 5.10 Å². The second-order valence-corrected chi connectivity index (χ2v) is 4.59. The monoisotopic (exact) mass is 287 g/mol. The predicted molar refractivity (Wildman–Crippen MR) is 73.7 cm³/mol. The molecule has 0 radical (unpaired) electrons. The Balaban J connectivity index is 2.14. The Kier molecular flexibility index (Phi) is 3.09. The molecule has 0 atom stereocenters. The number of nitrogens with zero attached hydrogens (tertiary/aromatic N) is 4. The topological polar surface area (TPSA) is 69.6 Å². The maximum Gasteiger partial charge on any atom is 0.190 e. The average Bonchev–Trinajstić information content (AvgIpc) is 2.91. The van der Waals surface area contributed by atoms with Crippen molar-refractivity contribution in [3.05, 3.63) is 53.6 Å². The van der Waals surface area contributed by atoms with Gasteiger partial charge in [0.2, 0.25) is 0 Å². The van der Waals surface area contributed by atoms with Gasteiger partial charge >= 0.3 is 0 Å². The number of rotatable bonds is 2. The molecule has 0 amide bonds. The zero-order valence-corrected chi connectivity index (χ0v) is 11.1. The van der Waals surface area contributed by atoms with E-state index >= 15 is 0 Å². The van der Waals surface area contributed by atoms with Crippen LogP contribution in [0.4, 0.5) is 14.5 Å². The normalized spacial score (nSPS) is 10.8. The van der Waals surface area contributed by atoms with Crippen LogP contribution in [0.15, 0.2) is 36.4 Å². The Morgan fingerprint density at radius 2 is 1.86 bits per heavy atom. The molecule has 0 aliphatic carbocycles. The lowest BCUT2D eigenvalue weighted by Crippen LogP contribution is -2.02. The number of tetrazole rings is 1. The number of halogens is 2. The number of hydrogen-bond acceptors (Lipinski definition) is 4. The maximum atomic E-state index is 14.0. The van der Waals surface area contributed by atoms with E-state index in [4.69, 9.17) is 5.73 Å². The Labute approximate surface area is 119 Å². The van der Waals surface area contributed by atoms with Crippen LogP contribution in [-0.2, 0) is 0 Å². The fourth-order valence-electron chi connectivity index (χ4n) is 2.00. The predicted octanol–water partition coefficient (Wildman–Crippen LogP) is 2.50. The van der Waals surface area contributed by atoms with Gasteiger partial charge in [-0.05, 0) is 59.3 Å². The molecule has 3 rings (SSSR count). The quantitative estimate of drug-likeness (QED) is 0.735. The van der Waals surface area contributed by atoms with Crippen LogP contribution in [-0.4, -0.2) is 20.2 Å². The zero-order valence-electron chi connectivity index (χ0n) is 11.1.